The highest BCUT2D eigenvalue weighted by Gasteiger charge is 2.19. The van der Waals surface area contributed by atoms with Crippen molar-refractivity contribution in [3.8, 4) is 11.5 Å². The molecule has 1 amide bonds. The molecule has 1 heterocycles. The first-order valence-electron chi connectivity index (χ1n) is 11.0. The second kappa shape index (κ2) is 11.6. The van der Waals surface area contributed by atoms with Crippen LogP contribution < -0.4 is 25.4 Å². The van der Waals surface area contributed by atoms with Crippen LogP contribution in [-0.2, 0) is 0 Å². The first-order chi connectivity index (χ1) is 17.9. The number of ketones is 1. The molecule has 0 saturated carbocycles. The number of hydrogen-bond donors (Lipinski definition) is 3. The van der Waals surface area contributed by atoms with Crippen LogP contribution in [0.25, 0.3) is 0 Å². The van der Waals surface area contributed by atoms with Gasteiger partial charge in [0.05, 0.1) is 36.9 Å². The summed E-state index contributed by atoms with van der Waals surface area (Å²) in [5.74, 6) is 0.299. The minimum Gasteiger partial charge on any atom is -0.495 e. The second-order valence-corrected chi connectivity index (χ2v) is 8.47. The van der Waals surface area contributed by atoms with Crippen LogP contribution in [0.4, 0.5) is 17.1 Å². The maximum atomic E-state index is 13.4. The summed E-state index contributed by atoms with van der Waals surface area (Å²) >= 11 is 11.7. The van der Waals surface area contributed by atoms with Crippen molar-refractivity contribution >= 4 is 57.7 Å². The summed E-state index contributed by atoms with van der Waals surface area (Å²) in [6.45, 7) is 0. The largest absolute Gasteiger partial charge is 0.495 e. The van der Waals surface area contributed by atoms with Gasteiger partial charge in [-0.25, -0.2) is 0 Å². The number of amides is 1. The molecule has 3 N–H and O–H groups in total. The van der Waals surface area contributed by atoms with Crippen LogP contribution in [0.1, 0.15) is 26.5 Å². The Hall–Kier alpha value is -4.34. The van der Waals surface area contributed by atoms with E-state index in [1.165, 1.54) is 26.5 Å². The molecule has 0 radical (unpaired) electrons. The number of thiocarbonyl (C=S) groups is 1. The van der Waals surface area contributed by atoms with E-state index in [0.717, 1.165) is 0 Å². The van der Waals surface area contributed by atoms with Crippen LogP contribution >= 0.6 is 23.8 Å². The van der Waals surface area contributed by atoms with Crippen molar-refractivity contribution < 1.29 is 23.5 Å². The highest BCUT2D eigenvalue weighted by molar-refractivity contribution is 7.80. The van der Waals surface area contributed by atoms with Crippen molar-refractivity contribution in [2.45, 2.75) is 0 Å². The van der Waals surface area contributed by atoms with E-state index in [-0.39, 0.29) is 22.2 Å². The topological polar surface area (TPSA) is 102 Å². The standard InChI is InChI=1S/C27H22ClN3O5S/c1-34-23-15-24(35-2)21(14-19(23)28)31-27(37)29-17-10-11-20(30-26(33)22-9-6-12-36-22)18(13-17)25(32)16-7-4-3-5-8-16/h3-15H,1-2H3,(H,30,33)(H2,29,31,37). The molecule has 3 aromatic carbocycles. The molecule has 188 valence electrons. The van der Waals surface area contributed by atoms with E-state index in [9.17, 15) is 9.59 Å². The molecule has 0 aliphatic rings. The second-order valence-electron chi connectivity index (χ2n) is 7.65. The van der Waals surface area contributed by atoms with Gasteiger partial charge in [0.2, 0.25) is 0 Å². The van der Waals surface area contributed by atoms with Crippen LogP contribution in [0, 0.1) is 0 Å². The number of nitrogens with one attached hydrogen (secondary N) is 3. The first-order valence-corrected chi connectivity index (χ1v) is 11.8. The summed E-state index contributed by atoms with van der Waals surface area (Å²) < 4.78 is 15.8. The van der Waals surface area contributed by atoms with Crippen molar-refractivity contribution in [2.24, 2.45) is 0 Å². The quantitative estimate of drug-likeness (QED) is 0.180. The summed E-state index contributed by atoms with van der Waals surface area (Å²) in [4.78, 5) is 25.9. The van der Waals surface area contributed by atoms with Crippen LogP contribution in [0.5, 0.6) is 11.5 Å². The Balaban J connectivity index is 1.60. The van der Waals surface area contributed by atoms with E-state index in [0.29, 0.717) is 39.1 Å². The van der Waals surface area contributed by atoms with Gasteiger partial charge in [-0.3, -0.25) is 9.59 Å². The average Bonchev–Trinajstić information content (AvgIpc) is 3.45. The molecule has 10 heteroatoms. The predicted octanol–water partition coefficient (Wildman–Crippen LogP) is 6.24. The zero-order valence-electron chi connectivity index (χ0n) is 19.8. The molecule has 1 aromatic heterocycles. The van der Waals surface area contributed by atoms with Crippen LogP contribution in [0.15, 0.2) is 83.5 Å². The lowest BCUT2D eigenvalue weighted by molar-refractivity contribution is 0.0996. The highest BCUT2D eigenvalue weighted by Crippen LogP contribution is 2.36. The minimum absolute atomic E-state index is 0.123. The number of halogens is 1. The molecule has 8 nitrogen and oxygen atoms in total. The van der Waals surface area contributed by atoms with Gasteiger partial charge in [-0.2, -0.15) is 0 Å². The molecule has 0 atom stereocenters. The Morgan fingerprint density at radius 1 is 0.838 bits per heavy atom. The number of anilines is 3. The number of methoxy groups -OCH3 is 2. The zero-order chi connectivity index (χ0) is 26.4. The zero-order valence-corrected chi connectivity index (χ0v) is 21.4. The Morgan fingerprint density at radius 3 is 2.27 bits per heavy atom. The SMILES string of the molecule is COc1cc(OC)c(NC(=S)Nc2ccc(NC(=O)c3ccco3)c(C(=O)c3ccccc3)c2)cc1Cl. The molecule has 0 saturated heterocycles. The fourth-order valence-corrected chi connectivity index (χ4v) is 3.97. The number of furan rings is 1. The number of benzene rings is 3. The van der Waals surface area contributed by atoms with E-state index >= 15 is 0 Å². The number of hydrogen-bond acceptors (Lipinski definition) is 6. The summed E-state index contributed by atoms with van der Waals surface area (Å²) in [5.41, 5.74) is 2.10. The van der Waals surface area contributed by atoms with Crippen LogP contribution in [-0.4, -0.2) is 31.0 Å². The van der Waals surface area contributed by atoms with Gasteiger partial charge in [-0.05, 0) is 48.6 Å². The maximum Gasteiger partial charge on any atom is 0.291 e. The molecule has 0 spiro atoms. The Kier molecular flexibility index (Phi) is 8.07. The summed E-state index contributed by atoms with van der Waals surface area (Å²) in [6.07, 6.45) is 1.40. The number of carbonyl (C=O) groups excluding carboxylic acids is 2. The lowest BCUT2D eigenvalue weighted by atomic mass is 10.0. The normalized spacial score (nSPS) is 10.4. The van der Waals surface area contributed by atoms with Gasteiger partial charge in [0.25, 0.3) is 5.91 Å². The van der Waals surface area contributed by atoms with Gasteiger partial charge in [-0.15, -0.1) is 0 Å². The van der Waals surface area contributed by atoms with Crippen LogP contribution in [0.2, 0.25) is 5.02 Å². The molecule has 4 rings (SSSR count). The van der Waals surface area contributed by atoms with E-state index in [4.69, 9.17) is 37.7 Å². The Morgan fingerprint density at radius 2 is 1.59 bits per heavy atom. The van der Waals surface area contributed by atoms with Crippen molar-refractivity contribution in [3.05, 3.63) is 101 Å². The van der Waals surface area contributed by atoms with Crippen molar-refractivity contribution in [1.82, 2.24) is 0 Å². The lowest BCUT2D eigenvalue weighted by Crippen LogP contribution is -2.20. The third-order valence-corrected chi connectivity index (χ3v) is 5.77. The Labute approximate surface area is 223 Å². The molecule has 0 fully saturated rings. The molecule has 0 aliphatic carbocycles. The van der Waals surface area contributed by atoms with Gasteiger partial charge < -0.3 is 29.8 Å². The minimum atomic E-state index is -0.478. The molecular weight excluding hydrogens is 514 g/mol. The van der Waals surface area contributed by atoms with E-state index in [1.54, 1.807) is 60.7 Å². The first kappa shape index (κ1) is 25.7. The predicted molar refractivity (Wildman–Crippen MR) is 147 cm³/mol. The molecule has 37 heavy (non-hydrogen) atoms. The fraction of sp³-hybridized carbons (Fsp3) is 0.0741. The Bertz CT molecular complexity index is 1440. The van der Waals surface area contributed by atoms with Crippen molar-refractivity contribution in [1.29, 1.82) is 0 Å². The molecule has 0 bridgehead atoms. The average molecular weight is 536 g/mol. The molecule has 4 aromatic rings. The fourth-order valence-electron chi connectivity index (χ4n) is 3.50. The monoisotopic (exact) mass is 535 g/mol. The number of carbonyl (C=O) groups is 2. The van der Waals surface area contributed by atoms with Crippen LogP contribution in [0.3, 0.4) is 0 Å². The molecular formula is C27H22ClN3O5S. The van der Waals surface area contributed by atoms with Crippen molar-refractivity contribution in [2.75, 3.05) is 30.2 Å². The molecule has 0 aliphatic heterocycles. The lowest BCUT2D eigenvalue weighted by Gasteiger charge is -2.17. The maximum absolute atomic E-state index is 13.4. The summed E-state index contributed by atoms with van der Waals surface area (Å²) in [7, 11) is 3.02. The third-order valence-electron chi connectivity index (χ3n) is 5.27. The molecule has 0 unspecified atom stereocenters. The van der Waals surface area contributed by atoms with Gasteiger partial charge in [0.15, 0.2) is 16.7 Å². The van der Waals surface area contributed by atoms with E-state index < -0.39 is 5.91 Å². The van der Waals surface area contributed by atoms with Gasteiger partial charge in [0, 0.05) is 22.9 Å². The van der Waals surface area contributed by atoms with Crippen molar-refractivity contribution in [3.63, 3.8) is 0 Å². The summed E-state index contributed by atoms with van der Waals surface area (Å²) in [6, 6.07) is 20.1. The smallest absolute Gasteiger partial charge is 0.291 e. The highest BCUT2D eigenvalue weighted by atomic mass is 35.5. The van der Waals surface area contributed by atoms with E-state index in [1.807, 2.05) is 6.07 Å². The third kappa shape index (κ3) is 6.08. The number of ether oxygens (including phenoxy) is 2. The van der Waals surface area contributed by atoms with Gasteiger partial charge in [0.1, 0.15) is 11.5 Å². The number of rotatable bonds is 8. The van der Waals surface area contributed by atoms with Gasteiger partial charge >= 0.3 is 0 Å². The summed E-state index contributed by atoms with van der Waals surface area (Å²) in [5, 5.41) is 9.43. The van der Waals surface area contributed by atoms with E-state index in [2.05, 4.69) is 16.0 Å². The van der Waals surface area contributed by atoms with Gasteiger partial charge in [-0.1, -0.05) is 41.9 Å².